The first-order chi connectivity index (χ1) is 6.88. The molecule has 0 spiro atoms. The molecule has 1 aliphatic heterocycles. The molecule has 0 fully saturated rings. The lowest BCUT2D eigenvalue weighted by molar-refractivity contribution is 0.263. The molecule has 0 saturated carbocycles. The van der Waals surface area contributed by atoms with Crippen LogP contribution in [0.2, 0.25) is 0 Å². The molecule has 0 saturated heterocycles. The van der Waals surface area contributed by atoms with Crippen molar-refractivity contribution in [1.29, 1.82) is 0 Å². The Morgan fingerprint density at radius 1 is 1.36 bits per heavy atom. The largest absolute Gasteiger partial charge is 0.394 e. The molecular formula is C11H14N2O. The second-order valence-corrected chi connectivity index (χ2v) is 3.47. The van der Waals surface area contributed by atoms with E-state index in [-0.39, 0.29) is 12.6 Å². The van der Waals surface area contributed by atoms with Gasteiger partial charge in [0.25, 0.3) is 0 Å². The lowest BCUT2D eigenvalue weighted by Gasteiger charge is -2.07. The van der Waals surface area contributed by atoms with Crippen molar-refractivity contribution in [3.63, 3.8) is 0 Å². The number of hydrogen-bond donors (Lipinski definition) is 2. The third-order valence-corrected chi connectivity index (χ3v) is 2.31. The lowest BCUT2D eigenvalue weighted by Crippen LogP contribution is -2.33. The minimum absolute atomic E-state index is 0.119. The minimum Gasteiger partial charge on any atom is -0.394 e. The number of nitrogens with one attached hydrogen (secondary N) is 1. The summed E-state index contributed by atoms with van der Waals surface area (Å²) in [5.74, 6) is 0.982. The van der Waals surface area contributed by atoms with E-state index in [0.717, 1.165) is 12.3 Å². The zero-order valence-electron chi connectivity index (χ0n) is 7.98. The molecule has 1 unspecified atom stereocenters. The SMILES string of the molecule is OCC1CN=C(Cc2ccccc2)N1. The van der Waals surface area contributed by atoms with Crippen molar-refractivity contribution >= 4 is 5.84 Å². The van der Waals surface area contributed by atoms with E-state index < -0.39 is 0 Å². The second-order valence-electron chi connectivity index (χ2n) is 3.47. The van der Waals surface area contributed by atoms with E-state index in [2.05, 4.69) is 22.4 Å². The summed E-state index contributed by atoms with van der Waals surface area (Å²) in [6, 6.07) is 10.3. The van der Waals surface area contributed by atoms with Crippen molar-refractivity contribution in [2.24, 2.45) is 4.99 Å². The molecule has 2 N–H and O–H groups in total. The maximum Gasteiger partial charge on any atom is 0.101 e. The second kappa shape index (κ2) is 4.24. The summed E-state index contributed by atoms with van der Waals surface area (Å²) in [5.41, 5.74) is 1.25. The van der Waals surface area contributed by atoms with Gasteiger partial charge >= 0.3 is 0 Å². The van der Waals surface area contributed by atoms with E-state index in [9.17, 15) is 0 Å². The van der Waals surface area contributed by atoms with E-state index in [1.165, 1.54) is 5.56 Å². The van der Waals surface area contributed by atoms with E-state index >= 15 is 0 Å². The Balaban J connectivity index is 1.94. The lowest BCUT2D eigenvalue weighted by atomic mass is 10.1. The number of hydrogen-bond acceptors (Lipinski definition) is 3. The van der Waals surface area contributed by atoms with Crippen LogP contribution in [0.3, 0.4) is 0 Å². The average molecular weight is 190 g/mol. The number of rotatable bonds is 3. The molecule has 1 aromatic rings. The Labute approximate surface area is 83.5 Å². The Hall–Kier alpha value is -1.35. The fourth-order valence-corrected chi connectivity index (χ4v) is 1.55. The average Bonchev–Trinajstić information content (AvgIpc) is 2.67. The molecule has 0 radical (unpaired) electrons. The molecule has 1 atom stereocenters. The van der Waals surface area contributed by atoms with E-state index in [4.69, 9.17) is 5.11 Å². The van der Waals surface area contributed by atoms with Gasteiger partial charge in [0.1, 0.15) is 5.84 Å². The van der Waals surface area contributed by atoms with Crippen molar-refractivity contribution in [1.82, 2.24) is 5.32 Å². The number of aliphatic hydroxyl groups excluding tert-OH is 1. The van der Waals surface area contributed by atoms with Gasteiger partial charge in [-0.1, -0.05) is 30.3 Å². The summed E-state index contributed by atoms with van der Waals surface area (Å²) < 4.78 is 0. The Morgan fingerprint density at radius 2 is 2.14 bits per heavy atom. The minimum atomic E-state index is 0.119. The van der Waals surface area contributed by atoms with E-state index in [1.807, 2.05) is 18.2 Å². The normalized spacial score (nSPS) is 20.4. The van der Waals surface area contributed by atoms with Gasteiger partial charge < -0.3 is 10.4 Å². The quantitative estimate of drug-likeness (QED) is 0.732. The van der Waals surface area contributed by atoms with Crippen LogP contribution >= 0.6 is 0 Å². The number of aliphatic imine (C=N–C) groups is 1. The summed E-state index contributed by atoms with van der Waals surface area (Å²) in [4.78, 5) is 4.33. The summed E-state index contributed by atoms with van der Waals surface area (Å²) in [6.45, 7) is 0.848. The van der Waals surface area contributed by atoms with Crippen LogP contribution in [-0.4, -0.2) is 30.1 Å². The van der Waals surface area contributed by atoms with Crippen LogP contribution in [0.5, 0.6) is 0 Å². The van der Waals surface area contributed by atoms with Gasteiger partial charge in [0.2, 0.25) is 0 Å². The van der Waals surface area contributed by atoms with Gasteiger partial charge in [0.15, 0.2) is 0 Å². The maximum atomic E-state index is 8.91. The standard InChI is InChI=1S/C11H14N2O/c14-8-10-7-12-11(13-10)6-9-4-2-1-3-5-9/h1-5,10,14H,6-8H2,(H,12,13). The highest BCUT2D eigenvalue weighted by Gasteiger charge is 2.15. The zero-order valence-corrected chi connectivity index (χ0v) is 7.98. The third kappa shape index (κ3) is 2.12. The molecule has 0 amide bonds. The number of aliphatic hydroxyl groups is 1. The highest BCUT2D eigenvalue weighted by atomic mass is 16.3. The van der Waals surface area contributed by atoms with Crippen LogP contribution in [-0.2, 0) is 6.42 Å². The highest BCUT2D eigenvalue weighted by molar-refractivity contribution is 5.86. The summed E-state index contributed by atoms with van der Waals surface area (Å²) in [7, 11) is 0. The number of amidine groups is 1. The fourth-order valence-electron chi connectivity index (χ4n) is 1.55. The van der Waals surface area contributed by atoms with Gasteiger partial charge in [-0.05, 0) is 5.56 Å². The first-order valence-electron chi connectivity index (χ1n) is 4.83. The zero-order chi connectivity index (χ0) is 9.80. The Morgan fingerprint density at radius 3 is 2.79 bits per heavy atom. The van der Waals surface area contributed by atoms with Gasteiger partial charge in [-0.25, -0.2) is 0 Å². The molecular weight excluding hydrogens is 176 g/mol. The molecule has 74 valence electrons. The van der Waals surface area contributed by atoms with Gasteiger partial charge in [-0.2, -0.15) is 0 Å². The first-order valence-corrected chi connectivity index (χ1v) is 4.83. The molecule has 1 aromatic carbocycles. The van der Waals surface area contributed by atoms with Crippen molar-refractivity contribution in [3.8, 4) is 0 Å². The molecule has 3 heteroatoms. The van der Waals surface area contributed by atoms with Gasteiger partial charge in [0, 0.05) is 6.42 Å². The predicted octanol–water partition coefficient (Wildman–Crippen LogP) is 0.592. The topological polar surface area (TPSA) is 44.6 Å². The molecule has 0 aliphatic carbocycles. The van der Waals surface area contributed by atoms with Crippen molar-refractivity contribution < 1.29 is 5.11 Å². The fraction of sp³-hybridized carbons (Fsp3) is 0.364. The van der Waals surface area contributed by atoms with Gasteiger partial charge in [-0.3, -0.25) is 4.99 Å². The van der Waals surface area contributed by atoms with Crippen LogP contribution in [0.1, 0.15) is 5.56 Å². The molecule has 14 heavy (non-hydrogen) atoms. The summed E-state index contributed by atoms with van der Waals surface area (Å²) in [5, 5.41) is 12.1. The van der Waals surface area contributed by atoms with Crippen LogP contribution in [0.4, 0.5) is 0 Å². The first kappa shape index (κ1) is 9.21. The molecule has 1 heterocycles. The summed E-state index contributed by atoms with van der Waals surface area (Å²) >= 11 is 0. The smallest absolute Gasteiger partial charge is 0.101 e. The highest BCUT2D eigenvalue weighted by Crippen LogP contribution is 2.04. The van der Waals surface area contributed by atoms with Gasteiger partial charge in [0.05, 0.1) is 19.2 Å². The van der Waals surface area contributed by atoms with E-state index in [1.54, 1.807) is 0 Å². The van der Waals surface area contributed by atoms with Crippen LogP contribution in [0, 0.1) is 0 Å². The molecule has 3 nitrogen and oxygen atoms in total. The van der Waals surface area contributed by atoms with Crippen molar-refractivity contribution in [2.75, 3.05) is 13.2 Å². The summed E-state index contributed by atoms with van der Waals surface area (Å²) in [6.07, 6.45) is 0.831. The monoisotopic (exact) mass is 190 g/mol. The van der Waals surface area contributed by atoms with Crippen molar-refractivity contribution in [2.45, 2.75) is 12.5 Å². The van der Waals surface area contributed by atoms with E-state index in [0.29, 0.717) is 6.54 Å². The molecule has 2 rings (SSSR count). The number of nitrogens with zero attached hydrogens (tertiary/aromatic N) is 1. The van der Waals surface area contributed by atoms with Crippen LogP contribution in [0.25, 0.3) is 0 Å². The third-order valence-electron chi connectivity index (χ3n) is 2.31. The molecule has 0 bridgehead atoms. The maximum absolute atomic E-state index is 8.91. The van der Waals surface area contributed by atoms with Crippen LogP contribution in [0.15, 0.2) is 35.3 Å². The predicted molar refractivity (Wildman–Crippen MR) is 56.5 cm³/mol. The van der Waals surface area contributed by atoms with Crippen LogP contribution < -0.4 is 5.32 Å². The molecule has 0 aromatic heterocycles. The van der Waals surface area contributed by atoms with Crippen molar-refractivity contribution in [3.05, 3.63) is 35.9 Å². The Kier molecular flexibility index (Phi) is 2.79. The molecule has 1 aliphatic rings. The number of benzene rings is 1. The van der Waals surface area contributed by atoms with Gasteiger partial charge in [-0.15, -0.1) is 0 Å². The Bertz CT molecular complexity index is 321.